The number of nitrogens with one attached hydrogen (secondary N) is 1. The Hall–Kier alpha value is -1.22. The molecule has 1 aromatic carbocycles. The summed E-state index contributed by atoms with van der Waals surface area (Å²) in [4.78, 5) is 2.43. The fourth-order valence-electron chi connectivity index (χ4n) is 1.86. The number of rotatable bonds is 8. The van der Waals surface area contributed by atoms with Gasteiger partial charge in [-0.25, -0.2) is 0 Å². The van der Waals surface area contributed by atoms with E-state index in [9.17, 15) is 0 Å². The average molecular weight is 236 g/mol. The fraction of sp³-hybridized carbons (Fsp3) is 0.571. The van der Waals surface area contributed by atoms with Gasteiger partial charge in [0.25, 0.3) is 0 Å². The van der Waals surface area contributed by atoms with Crippen LogP contribution in [0.2, 0.25) is 0 Å². The number of hydrogen-bond acceptors (Lipinski definition) is 3. The molecule has 0 saturated heterocycles. The summed E-state index contributed by atoms with van der Waals surface area (Å²) in [6, 6.07) is 8.04. The minimum absolute atomic E-state index is 0.912. The number of ether oxygens (including phenoxy) is 1. The van der Waals surface area contributed by atoms with Crippen molar-refractivity contribution in [2.45, 2.75) is 20.3 Å². The van der Waals surface area contributed by atoms with E-state index in [1.54, 1.807) is 7.11 Å². The summed E-state index contributed by atoms with van der Waals surface area (Å²) < 4.78 is 5.29. The van der Waals surface area contributed by atoms with Crippen molar-refractivity contribution in [3.05, 3.63) is 24.3 Å². The van der Waals surface area contributed by atoms with Crippen LogP contribution in [0.15, 0.2) is 24.3 Å². The Morgan fingerprint density at radius 2 is 1.88 bits per heavy atom. The Labute approximate surface area is 105 Å². The highest BCUT2D eigenvalue weighted by Crippen LogP contribution is 2.22. The maximum absolute atomic E-state index is 5.29. The van der Waals surface area contributed by atoms with Crippen molar-refractivity contribution in [3.8, 4) is 5.75 Å². The van der Waals surface area contributed by atoms with Gasteiger partial charge >= 0.3 is 0 Å². The van der Waals surface area contributed by atoms with Crippen molar-refractivity contribution in [2.24, 2.45) is 0 Å². The van der Waals surface area contributed by atoms with Crippen LogP contribution in [0.25, 0.3) is 0 Å². The fourth-order valence-corrected chi connectivity index (χ4v) is 1.86. The van der Waals surface area contributed by atoms with Crippen LogP contribution in [-0.4, -0.2) is 38.2 Å². The third kappa shape index (κ3) is 4.65. The lowest BCUT2D eigenvalue weighted by atomic mass is 10.3. The number of nitrogens with zero attached hydrogens (tertiary/aromatic N) is 1. The van der Waals surface area contributed by atoms with Gasteiger partial charge < -0.3 is 15.0 Å². The zero-order valence-corrected chi connectivity index (χ0v) is 11.2. The molecular formula is C14H24N2O. The second-order valence-corrected chi connectivity index (χ2v) is 4.01. The number of methoxy groups -OCH3 is 1. The second-order valence-electron chi connectivity index (χ2n) is 4.01. The second kappa shape index (κ2) is 7.96. The molecule has 3 heteroatoms. The van der Waals surface area contributed by atoms with Crippen LogP contribution < -0.4 is 10.1 Å². The standard InChI is InChI=1S/C14H24N2O/c1-4-16(5-2)12-8-11-15-13-9-6-7-10-14(13)17-3/h6-7,9-10,15H,4-5,8,11-12H2,1-3H3. The molecule has 0 aliphatic rings. The number of benzene rings is 1. The summed E-state index contributed by atoms with van der Waals surface area (Å²) in [6.45, 7) is 8.80. The van der Waals surface area contributed by atoms with Gasteiger partial charge in [-0.3, -0.25) is 0 Å². The summed E-state index contributed by atoms with van der Waals surface area (Å²) in [6.07, 6.45) is 1.15. The van der Waals surface area contributed by atoms with Crippen LogP contribution in [0.3, 0.4) is 0 Å². The Balaban J connectivity index is 2.30. The zero-order valence-electron chi connectivity index (χ0n) is 11.2. The van der Waals surface area contributed by atoms with E-state index >= 15 is 0 Å². The van der Waals surface area contributed by atoms with Gasteiger partial charge in [0.2, 0.25) is 0 Å². The molecule has 0 bridgehead atoms. The SMILES string of the molecule is CCN(CC)CCCNc1ccccc1OC. The molecule has 0 aromatic heterocycles. The topological polar surface area (TPSA) is 24.5 Å². The first kappa shape index (κ1) is 13.8. The first-order valence-corrected chi connectivity index (χ1v) is 6.41. The van der Waals surface area contributed by atoms with Crippen molar-refractivity contribution >= 4 is 5.69 Å². The average Bonchev–Trinajstić information content (AvgIpc) is 2.39. The minimum Gasteiger partial charge on any atom is -0.495 e. The summed E-state index contributed by atoms with van der Waals surface area (Å²) in [5.41, 5.74) is 1.08. The Morgan fingerprint density at radius 3 is 2.53 bits per heavy atom. The van der Waals surface area contributed by atoms with Crippen LogP contribution in [0.4, 0.5) is 5.69 Å². The molecule has 0 fully saturated rings. The molecule has 3 nitrogen and oxygen atoms in total. The first-order valence-electron chi connectivity index (χ1n) is 6.41. The molecule has 0 amide bonds. The molecule has 0 radical (unpaired) electrons. The molecule has 96 valence electrons. The maximum atomic E-state index is 5.29. The molecule has 0 aliphatic carbocycles. The lowest BCUT2D eigenvalue weighted by molar-refractivity contribution is 0.303. The van der Waals surface area contributed by atoms with E-state index in [-0.39, 0.29) is 0 Å². The molecule has 0 atom stereocenters. The van der Waals surface area contributed by atoms with Crippen molar-refractivity contribution in [3.63, 3.8) is 0 Å². The predicted molar refractivity (Wildman–Crippen MR) is 73.9 cm³/mol. The lowest BCUT2D eigenvalue weighted by Gasteiger charge is -2.18. The van der Waals surface area contributed by atoms with Crippen LogP contribution in [0.1, 0.15) is 20.3 Å². The van der Waals surface area contributed by atoms with Crippen molar-refractivity contribution in [2.75, 3.05) is 38.6 Å². The van der Waals surface area contributed by atoms with Crippen LogP contribution in [0, 0.1) is 0 Å². The van der Waals surface area contributed by atoms with Crippen LogP contribution >= 0.6 is 0 Å². The molecular weight excluding hydrogens is 212 g/mol. The van der Waals surface area contributed by atoms with Crippen molar-refractivity contribution < 1.29 is 4.74 Å². The molecule has 17 heavy (non-hydrogen) atoms. The molecule has 0 spiro atoms. The van der Waals surface area contributed by atoms with E-state index in [0.29, 0.717) is 0 Å². The predicted octanol–water partition coefficient (Wildman–Crippen LogP) is 2.84. The normalized spacial score (nSPS) is 10.6. The third-order valence-corrected chi connectivity index (χ3v) is 2.97. The molecule has 1 aromatic rings. The number of anilines is 1. The van der Waals surface area contributed by atoms with Gasteiger partial charge in [-0.1, -0.05) is 26.0 Å². The molecule has 0 unspecified atom stereocenters. The number of hydrogen-bond donors (Lipinski definition) is 1. The van der Waals surface area contributed by atoms with Gasteiger partial charge in [0.05, 0.1) is 12.8 Å². The van der Waals surface area contributed by atoms with E-state index < -0.39 is 0 Å². The molecule has 1 N–H and O–H groups in total. The minimum atomic E-state index is 0.912. The van der Waals surface area contributed by atoms with E-state index in [1.165, 1.54) is 0 Å². The summed E-state index contributed by atoms with van der Waals surface area (Å²) in [5, 5.41) is 3.42. The van der Waals surface area contributed by atoms with E-state index in [0.717, 1.165) is 44.0 Å². The van der Waals surface area contributed by atoms with Crippen molar-refractivity contribution in [1.29, 1.82) is 0 Å². The Morgan fingerprint density at radius 1 is 1.18 bits per heavy atom. The summed E-state index contributed by atoms with van der Waals surface area (Å²) in [7, 11) is 1.70. The molecule has 0 saturated carbocycles. The zero-order chi connectivity index (χ0) is 12.5. The Bertz CT molecular complexity index is 311. The van der Waals surface area contributed by atoms with Gasteiger partial charge in [-0.2, -0.15) is 0 Å². The van der Waals surface area contributed by atoms with Crippen molar-refractivity contribution in [1.82, 2.24) is 4.90 Å². The highest BCUT2D eigenvalue weighted by atomic mass is 16.5. The van der Waals surface area contributed by atoms with Gasteiger partial charge in [0.15, 0.2) is 0 Å². The van der Waals surface area contributed by atoms with Crippen LogP contribution in [-0.2, 0) is 0 Å². The van der Waals surface area contributed by atoms with Gasteiger partial charge in [-0.05, 0) is 38.2 Å². The third-order valence-electron chi connectivity index (χ3n) is 2.97. The van der Waals surface area contributed by atoms with E-state index in [1.807, 2.05) is 18.2 Å². The smallest absolute Gasteiger partial charge is 0.141 e. The van der Waals surface area contributed by atoms with Gasteiger partial charge in [0, 0.05) is 6.54 Å². The maximum Gasteiger partial charge on any atom is 0.141 e. The first-order chi connectivity index (χ1) is 8.31. The van der Waals surface area contributed by atoms with Gasteiger partial charge in [-0.15, -0.1) is 0 Å². The molecule has 1 rings (SSSR count). The van der Waals surface area contributed by atoms with E-state index in [4.69, 9.17) is 4.74 Å². The van der Waals surface area contributed by atoms with Crippen LogP contribution in [0.5, 0.6) is 5.75 Å². The van der Waals surface area contributed by atoms with Gasteiger partial charge in [0.1, 0.15) is 5.75 Å². The highest BCUT2D eigenvalue weighted by Gasteiger charge is 2.01. The lowest BCUT2D eigenvalue weighted by Crippen LogP contribution is -2.25. The van der Waals surface area contributed by atoms with E-state index in [2.05, 4.69) is 30.1 Å². The monoisotopic (exact) mass is 236 g/mol. The summed E-state index contributed by atoms with van der Waals surface area (Å²) >= 11 is 0. The quantitative estimate of drug-likeness (QED) is 0.702. The number of para-hydroxylation sites is 2. The molecule has 0 aliphatic heterocycles. The molecule has 0 heterocycles. The highest BCUT2D eigenvalue weighted by molar-refractivity contribution is 5.55. The Kier molecular flexibility index (Phi) is 6.48. The summed E-state index contributed by atoms with van der Waals surface area (Å²) in [5.74, 6) is 0.912. The largest absolute Gasteiger partial charge is 0.495 e.